The van der Waals surface area contributed by atoms with Crippen LogP contribution < -0.4 is 0 Å². The van der Waals surface area contributed by atoms with E-state index < -0.39 is 10.0 Å². The van der Waals surface area contributed by atoms with Gasteiger partial charge in [0.25, 0.3) is 10.0 Å². The average Bonchev–Trinajstić information content (AvgIpc) is 2.89. The van der Waals surface area contributed by atoms with Gasteiger partial charge in [0, 0.05) is 32.4 Å². The summed E-state index contributed by atoms with van der Waals surface area (Å²) in [6, 6.07) is 0. The van der Waals surface area contributed by atoms with Crippen LogP contribution in [0.15, 0.2) is 17.6 Å². The summed E-state index contributed by atoms with van der Waals surface area (Å²) in [5.41, 5.74) is 0. The fraction of sp³-hybridized carbons (Fsp3) is 0.765. The molecule has 0 radical (unpaired) electrons. The molecule has 2 aliphatic rings. The normalized spacial score (nSPS) is 21.2. The first kappa shape index (κ1) is 18.4. The maximum atomic E-state index is 12.7. The van der Waals surface area contributed by atoms with E-state index in [2.05, 4.69) is 11.9 Å². The lowest BCUT2D eigenvalue weighted by Crippen LogP contribution is -2.38. The van der Waals surface area contributed by atoms with Gasteiger partial charge in [0.1, 0.15) is 6.54 Å². The number of carbonyl (C=O) groups excluding carboxylic acids is 1. The number of carbonyl (C=O) groups is 1. The zero-order chi connectivity index (χ0) is 17.9. The molecule has 0 aliphatic carbocycles. The van der Waals surface area contributed by atoms with Gasteiger partial charge in [0.15, 0.2) is 5.03 Å². The lowest BCUT2D eigenvalue weighted by Gasteiger charge is -2.28. The molecule has 2 aliphatic heterocycles. The highest BCUT2D eigenvalue weighted by Gasteiger charge is 2.30. The predicted octanol–water partition coefficient (Wildman–Crippen LogP) is 1.71. The number of sulfonamides is 1. The number of rotatable bonds is 4. The van der Waals surface area contributed by atoms with Crippen molar-refractivity contribution >= 4 is 15.9 Å². The van der Waals surface area contributed by atoms with Crippen LogP contribution in [-0.2, 0) is 21.4 Å². The molecular weight excluding hydrogens is 340 g/mol. The minimum atomic E-state index is -3.55. The summed E-state index contributed by atoms with van der Waals surface area (Å²) < 4.78 is 28.5. The molecule has 0 N–H and O–H groups in total. The Bertz CT molecular complexity index is 685. The number of hydrogen-bond acceptors (Lipinski definition) is 4. The zero-order valence-corrected chi connectivity index (χ0v) is 15.7. The Morgan fingerprint density at radius 3 is 2.40 bits per heavy atom. The van der Waals surface area contributed by atoms with E-state index in [-0.39, 0.29) is 17.5 Å². The third-order valence-electron chi connectivity index (χ3n) is 5.23. The number of piperidine rings is 1. The first-order chi connectivity index (χ1) is 12.0. The van der Waals surface area contributed by atoms with Crippen molar-refractivity contribution in [3.05, 3.63) is 12.5 Å². The predicted molar refractivity (Wildman–Crippen MR) is 94.4 cm³/mol. The number of amides is 1. The molecule has 2 fully saturated rings. The van der Waals surface area contributed by atoms with Gasteiger partial charge in [0.2, 0.25) is 5.91 Å². The van der Waals surface area contributed by atoms with Crippen molar-refractivity contribution in [2.45, 2.75) is 57.0 Å². The third-order valence-corrected chi connectivity index (χ3v) is 7.02. The second-order valence-corrected chi connectivity index (χ2v) is 9.15. The highest BCUT2D eigenvalue weighted by atomic mass is 32.2. The molecule has 1 aromatic heterocycles. The van der Waals surface area contributed by atoms with E-state index in [1.807, 2.05) is 4.90 Å². The van der Waals surface area contributed by atoms with E-state index in [4.69, 9.17) is 0 Å². The molecule has 0 spiro atoms. The van der Waals surface area contributed by atoms with Gasteiger partial charge in [-0.15, -0.1) is 0 Å². The van der Waals surface area contributed by atoms with Gasteiger partial charge >= 0.3 is 0 Å². The summed E-state index contributed by atoms with van der Waals surface area (Å²) in [5, 5.41) is 0.0470. The minimum absolute atomic E-state index is 0.0371. The summed E-state index contributed by atoms with van der Waals surface area (Å²) in [4.78, 5) is 18.4. The molecule has 140 valence electrons. The van der Waals surface area contributed by atoms with Crippen LogP contribution in [0.1, 0.15) is 45.4 Å². The molecule has 0 bridgehead atoms. The van der Waals surface area contributed by atoms with Crippen molar-refractivity contribution in [1.82, 2.24) is 18.8 Å². The SMILES string of the molecule is CC1CCN(S(=O)(=O)c2cn(CC(=O)N3CCCCCC3)cn2)CC1. The fourth-order valence-corrected chi connectivity index (χ4v) is 4.90. The standard InChI is InChI=1S/C17H28N4O3S/c1-15-6-10-21(11-7-15)25(23,24)16-12-19(14-18-16)13-17(22)20-8-4-2-3-5-9-20/h12,14-15H,2-11,13H2,1H3. The average molecular weight is 369 g/mol. The van der Waals surface area contributed by atoms with Crippen LogP contribution in [-0.4, -0.2) is 59.3 Å². The van der Waals surface area contributed by atoms with Crippen molar-refractivity contribution in [3.8, 4) is 0 Å². The molecule has 3 heterocycles. The molecule has 3 rings (SSSR count). The maximum absolute atomic E-state index is 12.7. The van der Waals surface area contributed by atoms with Gasteiger partial charge in [0.05, 0.1) is 6.33 Å². The second-order valence-electron chi connectivity index (χ2n) is 7.27. The van der Waals surface area contributed by atoms with Gasteiger partial charge < -0.3 is 9.47 Å². The molecule has 0 unspecified atom stereocenters. The Kier molecular flexibility index (Phi) is 5.78. The molecule has 0 aromatic carbocycles. The summed E-state index contributed by atoms with van der Waals surface area (Å²) in [6.45, 7) is 4.98. The number of aromatic nitrogens is 2. The van der Waals surface area contributed by atoms with Crippen LogP contribution in [0.25, 0.3) is 0 Å². The monoisotopic (exact) mass is 368 g/mol. The highest BCUT2D eigenvalue weighted by Crippen LogP contribution is 2.22. The lowest BCUT2D eigenvalue weighted by atomic mass is 10.0. The third kappa shape index (κ3) is 4.41. The molecule has 8 heteroatoms. The first-order valence-corrected chi connectivity index (χ1v) is 10.7. The summed E-state index contributed by atoms with van der Waals surface area (Å²) in [6.07, 6.45) is 9.14. The van der Waals surface area contributed by atoms with Gasteiger partial charge in [-0.1, -0.05) is 19.8 Å². The Balaban J connectivity index is 1.64. The highest BCUT2D eigenvalue weighted by molar-refractivity contribution is 7.89. The van der Waals surface area contributed by atoms with E-state index >= 15 is 0 Å². The largest absolute Gasteiger partial charge is 0.341 e. The Morgan fingerprint density at radius 2 is 1.76 bits per heavy atom. The van der Waals surface area contributed by atoms with E-state index in [0.29, 0.717) is 19.0 Å². The summed E-state index contributed by atoms with van der Waals surface area (Å²) in [7, 11) is -3.55. The van der Waals surface area contributed by atoms with Crippen LogP contribution in [0.3, 0.4) is 0 Å². The molecular formula is C17H28N4O3S. The molecule has 2 saturated heterocycles. The van der Waals surface area contributed by atoms with Crippen LogP contribution in [0.2, 0.25) is 0 Å². The van der Waals surface area contributed by atoms with Crippen molar-refractivity contribution in [2.24, 2.45) is 5.92 Å². The van der Waals surface area contributed by atoms with Gasteiger partial charge in [-0.3, -0.25) is 4.79 Å². The number of likely N-dealkylation sites (tertiary alicyclic amines) is 1. The van der Waals surface area contributed by atoms with Crippen molar-refractivity contribution < 1.29 is 13.2 Å². The molecule has 0 saturated carbocycles. The number of nitrogens with zero attached hydrogens (tertiary/aromatic N) is 4. The van der Waals surface area contributed by atoms with E-state index in [0.717, 1.165) is 38.8 Å². The molecule has 7 nitrogen and oxygen atoms in total. The Hall–Kier alpha value is -1.41. The van der Waals surface area contributed by atoms with Crippen LogP contribution in [0.4, 0.5) is 0 Å². The van der Waals surface area contributed by atoms with E-state index in [9.17, 15) is 13.2 Å². The van der Waals surface area contributed by atoms with Gasteiger partial charge in [-0.05, 0) is 31.6 Å². The summed E-state index contributed by atoms with van der Waals surface area (Å²) in [5.74, 6) is 0.602. The van der Waals surface area contributed by atoms with E-state index in [1.54, 1.807) is 4.57 Å². The van der Waals surface area contributed by atoms with Crippen LogP contribution in [0, 0.1) is 5.92 Å². The number of imidazole rings is 1. The number of hydrogen-bond donors (Lipinski definition) is 0. The molecule has 1 aromatic rings. The first-order valence-electron chi connectivity index (χ1n) is 9.26. The molecule has 25 heavy (non-hydrogen) atoms. The Morgan fingerprint density at radius 1 is 1.12 bits per heavy atom. The smallest absolute Gasteiger partial charge is 0.262 e. The lowest BCUT2D eigenvalue weighted by molar-refractivity contribution is -0.131. The van der Waals surface area contributed by atoms with Gasteiger partial charge in [-0.25, -0.2) is 13.4 Å². The molecule has 0 atom stereocenters. The van der Waals surface area contributed by atoms with Crippen LogP contribution >= 0.6 is 0 Å². The maximum Gasteiger partial charge on any atom is 0.262 e. The second kappa shape index (κ2) is 7.86. The molecule has 1 amide bonds. The van der Waals surface area contributed by atoms with Gasteiger partial charge in [-0.2, -0.15) is 4.31 Å². The summed E-state index contributed by atoms with van der Waals surface area (Å²) >= 11 is 0. The van der Waals surface area contributed by atoms with Crippen LogP contribution in [0.5, 0.6) is 0 Å². The topological polar surface area (TPSA) is 75.5 Å². The van der Waals surface area contributed by atoms with E-state index in [1.165, 1.54) is 29.7 Å². The van der Waals surface area contributed by atoms with Crippen molar-refractivity contribution in [1.29, 1.82) is 0 Å². The van der Waals surface area contributed by atoms with Crippen molar-refractivity contribution in [3.63, 3.8) is 0 Å². The zero-order valence-electron chi connectivity index (χ0n) is 14.9. The fourth-order valence-electron chi connectivity index (χ4n) is 3.49. The Labute approximate surface area is 150 Å². The quantitative estimate of drug-likeness (QED) is 0.811. The van der Waals surface area contributed by atoms with Crippen molar-refractivity contribution in [2.75, 3.05) is 26.2 Å². The minimum Gasteiger partial charge on any atom is -0.341 e.